The van der Waals surface area contributed by atoms with Crippen molar-refractivity contribution in [3.05, 3.63) is 47.9 Å². The number of hydrogen-bond acceptors (Lipinski definition) is 5. The number of nitrogens with zero attached hydrogens (tertiary/aromatic N) is 2. The number of thioether (sulfide) groups is 1. The second-order valence-corrected chi connectivity index (χ2v) is 4.62. The molecule has 2 N–H and O–H groups in total. The van der Waals surface area contributed by atoms with E-state index >= 15 is 0 Å². The van der Waals surface area contributed by atoms with Crippen LogP contribution >= 0.6 is 11.8 Å². The van der Waals surface area contributed by atoms with Crippen molar-refractivity contribution >= 4 is 29.5 Å². The number of carboxylic acids is 1. The first-order valence-electron chi connectivity index (χ1n) is 5.61. The van der Waals surface area contributed by atoms with Gasteiger partial charge in [0.25, 0.3) is 5.91 Å². The van der Waals surface area contributed by atoms with Crippen molar-refractivity contribution in [1.29, 1.82) is 0 Å². The van der Waals surface area contributed by atoms with Crippen molar-refractivity contribution < 1.29 is 14.7 Å². The average molecular weight is 289 g/mol. The lowest BCUT2D eigenvalue weighted by atomic mass is 10.2. The fourth-order valence-electron chi connectivity index (χ4n) is 1.51. The molecule has 0 bridgehead atoms. The third kappa shape index (κ3) is 3.12. The molecule has 7 heteroatoms. The monoisotopic (exact) mass is 289 g/mol. The number of carbonyl (C=O) groups excluding carboxylic acids is 1. The van der Waals surface area contributed by atoms with E-state index in [2.05, 4.69) is 15.3 Å². The second kappa shape index (κ2) is 6.16. The van der Waals surface area contributed by atoms with Gasteiger partial charge in [-0.05, 0) is 30.5 Å². The Morgan fingerprint density at radius 1 is 1.15 bits per heavy atom. The minimum Gasteiger partial charge on any atom is -0.476 e. The highest BCUT2D eigenvalue weighted by Crippen LogP contribution is 2.16. The van der Waals surface area contributed by atoms with Crippen LogP contribution in [0.2, 0.25) is 0 Å². The van der Waals surface area contributed by atoms with Gasteiger partial charge in [-0.3, -0.25) is 4.79 Å². The summed E-state index contributed by atoms with van der Waals surface area (Å²) in [5, 5.41) is 11.4. The number of amides is 1. The summed E-state index contributed by atoms with van der Waals surface area (Å²) in [5.41, 5.74) is 0.131. The van der Waals surface area contributed by atoms with E-state index in [1.165, 1.54) is 12.4 Å². The minimum absolute atomic E-state index is 0.0704. The van der Waals surface area contributed by atoms with Crippen molar-refractivity contribution in [3.63, 3.8) is 0 Å². The number of anilines is 1. The van der Waals surface area contributed by atoms with Gasteiger partial charge in [-0.2, -0.15) is 0 Å². The molecule has 0 fully saturated rings. The Bertz CT molecular complexity index is 644. The molecular formula is C13H11N3O3S. The summed E-state index contributed by atoms with van der Waals surface area (Å²) in [5.74, 6) is -1.74. The zero-order valence-corrected chi connectivity index (χ0v) is 11.3. The molecule has 2 aromatic rings. The molecule has 0 radical (unpaired) electrons. The molecule has 0 aliphatic carbocycles. The summed E-state index contributed by atoms with van der Waals surface area (Å²) in [4.78, 5) is 31.5. The first-order chi connectivity index (χ1) is 9.61. The quantitative estimate of drug-likeness (QED) is 0.838. The van der Waals surface area contributed by atoms with Gasteiger partial charge in [-0.25, -0.2) is 14.8 Å². The molecule has 20 heavy (non-hydrogen) atoms. The fraction of sp³-hybridized carbons (Fsp3) is 0.0769. The van der Waals surface area contributed by atoms with Crippen molar-refractivity contribution in [2.75, 3.05) is 11.6 Å². The predicted octanol–water partition coefficient (Wildman–Crippen LogP) is 2.15. The number of carboxylic acid groups (broad SMARTS) is 1. The Morgan fingerprint density at radius 3 is 2.40 bits per heavy atom. The maximum atomic E-state index is 12.0. The van der Waals surface area contributed by atoms with Crippen LogP contribution in [0, 0.1) is 0 Å². The minimum atomic E-state index is -1.24. The molecule has 1 heterocycles. The summed E-state index contributed by atoms with van der Waals surface area (Å²) in [6.07, 6.45) is 4.51. The Kier molecular flexibility index (Phi) is 4.31. The first-order valence-corrected chi connectivity index (χ1v) is 6.84. The Morgan fingerprint density at radius 2 is 1.80 bits per heavy atom. The van der Waals surface area contributed by atoms with Crippen LogP contribution in [0.1, 0.15) is 20.8 Å². The molecule has 2 rings (SSSR count). The average Bonchev–Trinajstić information content (AvgIpc) is 2.47. The maximum absolute atomic E-state index is 12.0. The van der Waals surface area contributed by atoms with Gasteiger partial charge in [-0.1, -0.05) is 0 Å². The van der Waals surface area contributed by atoms with Crippen LogP contribution in [-0.4, -0.2) is 33.2 Å². The topological polar surface area (TPSA) is 92.2 Å². The van der Waals surface area contributed by atoms with E-state index in [0.717, 1.165) is 4.90 Å². The largest absolute Gasteiger partial charge is 0.476 e. The molecule has 0 aliphatic heterocycles. The lowest BCUT2D eigenvalue weighted by Gasteiger charge is -2.06. The number of aromatic carboxylic acids is 1. The van der Waals surface area contributed by atoms with Gasteiger partial charge < -0.3 is 10.4 Å². The van der Waals surface area contributed by atoms with E-state index < -0.39 is 11.9 Å². The Labute approximate surface area is 119 Å². The third-order valence-electron chi connectivity index (χ3n) is 2.48. The van der Waals surface area contributed by atoms with Crippen LogP contribution < -0.4 is 5.32 Å². The first kappa shape index (κ1) is 14.0. The van der Waals surface area contributed by atoms with Gasteiger partial charge in [0.1, 0.15) is 0 Å². The van der Waals surface area contributed by atoms with Gasteiger partial charge >= 0.3 is 5.97 Å². The van der Waals surface area contributed by atoms with Crippen LogP contribution in [0.5, 0.6) is 0 Å². The number of carbonyl (C=O) groups is 2. The molecule has 1 aromatic heterocycles. The molecule has 1 aromatic carbocycles. The molecule has 0 saturated carbocycles. The molecule has 102 valence electrons. The van der Waals surface area contributed by atoms with Gasteiger partial charge in [-0.15, -0.1) is 11.8 Å². The Balaban J connectivity index is 2.21. The van der Waals surface area contributed by atoms with Gasteiger partial charge in [0.15, 0.2) is 11.5 Å². The summed E-state index contributed by atoms with van der Waals surface area (Å²) in [7, 11) is 0. The number of hydrogen-bond donors (Lipinski definition) is 2. The molecule has 6 nitrogen and oxygen atoms in total. The maximum Gasteiger partial charge on any atom is 0.358 e. The zero-order chi connectivity index (χ0) is 14.5. The summed E-state index contributed by atoms with van der Waals surface area (Å²) < 4.78 is 0. The van der Waals surface area contributed by atoms with E-state index in [-0.39, 0.29) is 11.5 Å². The molecule has 1 amide bonds. The highest BCUT2D eigenvalue weighted by molar-refractivity contribution is 7.98. The number of benzene rings is 1. The fourth-order valence-corrected chi connectivity index (χ4v) is 1.92. The smallest absolute Gasteiger partial charge is 0.358 e. The Hall–Kier alpha value is -2.41. The predicted molar refractivity (Wildman–Crippen MR) is 75.2 cm³/mol. The van der Waals surface area contributed by atoms with Crippen molar-refractivity contribution in [3.8, 4) is 0 Å². The van der Waals surface area contributed by atoms with Crippen molar-refractivity contribution in [2.24, 2.45) is 0 Å². The third-order valence-corrected chi connectivity index (χ3v) is 3.23. The molecular weight excluding hydrogens is 278 g/mol. The molecule has 0 unspecified atom stereocenters. The summed E-state index contributed by atoms with van der Waals surface area (Å²) >= 11 is 1.57. The lowest BCUT2D eigenvalue weighted by Crippen LogP contribution is -2.16. The highest BCUT2D eigenvalue weighted by Gasteiger charge is 2.15. The van der Waals surface area contributed by atoms with Gasteiger partial charge in [0.2, 0.25) is 0 Å². The second-order valence-electron chi connectivity index (χ2n) is 3.74. The summed E-state index contributed by atoms with van der Waals surface area (Å²) in [6.45, 7) is 0. The summed E-state index contributed by atoms with van der Waals surface area (Å²) in [6, 6.07) is 6.96. The van der Waals surface area contributed by atoms with Crippen molar-refractivity contribution in [2.45, 2.75) is 4.90 Å². The van der Waals surface area contributed by atoms with Gasteiger partial charge in [0, 0.05) is 22.9 Å². The lowest BCUT2D eigenvalue weighted by molar-refractivity contribution is 0.0691. The van der Waals surface area contributed by atoms with Crippen LogP contribution in [0.15, 0.2) is 41.6 Å². The van der Waals surface area contributed by atoms with Crippen LogP contribution in [0.4, 0.5) is 5.82 Å². The van der Waals surface area contributed by atoms with Crippen LogP contribution in [0.25, 0.3) is 0 Å². The SMILES string of the molecule is CSc1ccc(C(=O)Nc2nccnc2C(=O)O)cc1. The number of nitrogens with one attached hydrogen (secondary N) is 1. The van der Waals surface area contributed by atoms with Crippen LogP contribution in [-0.2, 0) is 0 Å². The zero-order valence-electron chi connectivity index (χ0n) is 10.5. The normalized spacial score (nSPS) is 10.1. The highest BCUT2D eigenvalue weighted by atomic mass is 32.2. The van der Waals surface area contributed by atoms with E-state index in [1.54, 1.807) is 23.9 Å². The van der Waals surface area contributed by atoms with Gasteiger partial charge in [0.05, 0.1) is 0 Å². The van der Waals surface area contributed by atoms with E-state index in [4.69, 9.17) is 5.11 Å². The van der Waals surface area contributed by atoms with E-state index in [1.807, 2.05) is 18.4 Å². The van der Waals surface area contributed by atoms with Crippen molar-refractivity contribution in [1.82, 2.24) is 9.97 Å². The number of rotatable bonds is 4. The van der Waals surface area contributed by atoms with Crippen LogP contribution in [0.3, 0.4) is 0 Å². The standard InChI is InChI=1S/C13H11N3O3S/c1-20-9-4-2-8(3-5-9)12(17)16-11-10(13(18)19)14-6-7-15-11/h2-7H,1H3,(H,18,19)(H,15,16,17). The van der Waals surface area contributed by atoms with E-state index in [0.29, 0.717) is 5.56 Å². The van der Waals surface area contributed by atoms with E-state index in [9.17, 15) is 9.59 Å². The number of aromatic nitrogens is 2. The molecule has 0 atom stereocenters. The molecule has 0 spiro atoms. The molecule has 0 aliphatic rings. The molecule has 0 saturated heterocycles.